The third kappa shape index (κ3) is 4.47. The van der Waals surface area contributed by atoms with Crippen LogP contribution in [0.15, 0.2) is 48.5 Å². The van der Waals surface area contributed by atoms with Crippen LogP contribution in [0.3, 0.4) is 0 Å². The summed E-state index contributed by atoms with van der Waals surface area (Å²) in [7, 11) is 0. The summed E-state index contributed by atoms with van der Waals surface area (Å²) in [6.45, 7) is 1.35. The van der Waals surface area contributed by atoms with E-state index in [1.165, 1.54) is 0 Å². The van der Waals surface area contributed by atoms with Crippen molar-refractivity contribution < 1.29 is 14.3 Å². The molecule has 2 aromatic rings. The van der Waals surface area contributed by atoms with Crippen LogP contribution in [0.2, 0.25) is 5.02 Å². The molecule has 1 fully saturated rings. The van der Waals surface area contributed by atoms with Gasteiger partial charge in [-0.2, -0.15) is 0 Å². The predicted molar refractivity (Wildman–Crippen MR) is 90.3 cm³/mol. The molecular weight excluding hydrogens is 314 g/mol. The van der Waals surface area contributed by atoms with Gasteiger partial charge in [0.2, 0.25) is 0 Å². The van der Waals surface area contributed by atoms with Crippen molar-refractivity contribution in [3.8, 4) is 5.75 Å². The lowest BCUT2D eigenvalue weighted by Crippen LogP contribution is -2.16. The van der Waals surface area contributed by atoms with Gasteiger partial charge < -0.3 is 14.8 Å². The van der Waals surface area contributed by atoms with Crippen LogP contribution in [0.4, 0.5) is 5.69 Å². The molecule has 1 N–H and O–H groups in total. The molecular formula is C18H18ClNO3. The lowest BCUT2D eigenvalue weighted by molar-refractivity contribution is 0.0680. The van der Waals surface area contributed by atoms with Gasteiger partial charge in [0.05, 0.1) is 6.10 Å². The minimum absolute atomic E-state index is 0.169. The first-order valence-corrected chi connectivity index (χ1v) is 8.00. The lowest BCUT2D eigenvalue weighted by atomic mass is 10.2. The predicted octanol–water partition coefficient (Wildman–Crippen LogP) is 4.15. The highest BCUT2D eigenvalue weighted by molar-refractivity contribution is 6.30. The molecule has 0 aromatic heterocycles. The molecule has 23 heavy (non-hydrogen) atoms. The van der Waals surface area contributed by atoms with E-state index in [0.717, 1.165) is 25.2 Å². The fourth-order valence-corrected chi connectivity index (χ4v) is 2.56. The van der Waals surface area contributed by atoms with E-state index in [0.29, 0.717) is 22.9 Å². The molecule has 1 atom stereocenters. The molecule has 2 aromatic carbocycles. The maximum atomic E-state index is 12.2. The third-order valence-corrected chi connectivity index (χ3v) is 3.91. The Hall–Kier alpha value is -2.04. The van der Waals surface area contributed by atoms with Gasteiger partial charge in [-0.3, -0.25) is 4.79 Å². The molecule has 1 heterocycles. The van der Waals surface area contributed by atoms with E-state index < -0.39 is 0 Å². The molecule has 3 rings (SSSR count). The van der Waals surface area contributed by atoms with E-state index in [4.69, 9.17) is 21.1 Å². The Morgan fingerprint density at radius 3 is 2.83 bits per heavy atom. The minimum atomic E-state index is -0.182. The van der Waals surface area contributed by atoms with E-state index in [1.54, 1.807) is 24.3 Å². The maximum absolute atomic E-state index is 12.2. The second-order valence-corrected chi connectivity index (χ2v) is 5.87. The SMILES string of the molecule is O=C(Nc1cccc(OC[C@@H]2CCCO2)c1)c1ccc(Cl)cc1. The second kappa shape index (κ2) is 7.49. The number of carbonyl (C=O) groups excluding carboxylic acids is 1. The first-order valence-electron chi connectivity index (χ1n) is 7.62. The van der Waals surface area contributed by atoms with E-state index >= 15 is 0 Å². The van der Waals surface area contributed by atoms with Crippen LogP contribution in [0.25, 0.3) is 0 Å². The van der Waals surface area contributed by atoms with Crippen molar-refractivity contribution in [2.45, 2.75) is 18.9 Å². The highest BCUT2D eigenvalue weighted by Gasteiger charge is 2.16. The number of hydrogen-bond donors (Lipinski definition) is 1. The van der Waals surface area contributed by atoms with Gasteiger partial charge in [0.15, 0.2) is 0 Å². The van der Waals surface area contributed by atoms with E-state index in [-0.39, 0.29) is 12.0 Å². The summed E-state index contributed by atoms with van der Waals surface area (Å²) in [5.74, 6) is 0.535. The van der Waals surface area contributed by atoms with E-state index in [2.05, 4.69) is 5.32 Å². The van der Waals surface area contributed by atoms with Gasteiger partial charge in [-0.25, -0.2) is 0 Å². The van der Waals surface area contributed by atoms with Crippen LogP contribution >= 0.6 is 11.6 Å². The van der Waals surface area contributed by atoms with Gasteiger partial charge in [0, 0.05) is 28.9 Å². The van der Waals surface area contributed by atoms with Crippen molar-refractivity contribution in [3.05, 3.63) is 59.1 Å². The summed E-state index contributed by atoms with van der Waals surface area (Å²) in [4.78, 5) is 12.2. The Morgan fingerprint density at radius 1 is 1.26 bits per heavy atom. The molecule has 1 aliphatic rings. The Morgan fingerprint density at radius 2 is 2.09 bits per heavy atom. The number of ether oxygens (including phenoxy) is 2. The zero-order valence-electron chi connectivity index (χ0n) is 12.6. The van der Waals surface area contributed by atoms with Gasteiger partial charge in [0.25, 0.3) is 5.91 Å². The number of halogens is 1. The molecule has 1 amide bonds. The minimum Gasteiger partial charge on any atom is -0.491 e. The maximum Gasteiger partial charge on any atom is 0.255 e. The molecule has 0 radical (unpaired) electrons. The van der Waals surface area contributed by atoms with Crippen molar-refractivity contribution in [3.63, 3.8) is 0 Å². The molecule has 1 aliphatic heterocycles. The molecule has 0 bridgehead atoms. The van der Waals surface area contributed by atoms with Crippen LogP contribution in [0.1, 0.15) is 23.2 Å². The highest BCUT2D eigenvalue weighted by atomic mass is 35.5. The van der Waals surface area contributed by atoms with Crippen LogP contribution in [-0.4, -0.2) is 25.2 Å². The zero-order chi connectivity index (χ0) is 16.1. The number of amides is 1. The zero-order valence-corrected chi connectivity index (χ0v) is 13.4. The Balaban J connectivity index is 1.60. The topological polar surface area (TPSA) is 47.6 Å². The Labute approximate surface area is 140 Å². The first kappa shape index (κ1) is 15.8. The van der Waals surface area contributed by atoms with Gasteiger partial charge in [-0.05, 0) is 49.2 Å². The second-order valence-electron chi connectivity index (χ2n) is 5.43. The molecule has 5 heteroatoms. The molecule has 0 aliphatic carbocycles. The van der Waals surface area contributed by atoms with Crippen molar-refractivity contribution in [1.82, 2.24) is 0 Å². The number of hydrogen-bond acceptors (Lipinski definition) is 3. The lowest BCUT2D eigenvalue weighted by Gasteiger charge is -2.12. The molecule has 0 unspecified atom stereocenters. The van der Waals surface area contributed by atoms with Crippen molar-refractivity contribution in [2.75, 3.05) is 18.5 Å². The average Bonchev–Trinajstić information content (AvgIpc) is 3.07. The van der Waals surface area contributed by atoms with Gasteiger partial charge in [-0.1, -0.05) is 17.7 Å². The highest BCUT2D eigenvalue weighted by Crippen LogP contribution is 2.20. The van der Waals surface area contributed by atoms with Crippen LogP contribution in [0, 0.1) is 0 Å². The fraction of sp³-hybridized carbons (Fsp3) is 0.278. The number of carbonyl (C=O) groups is 1. The number of nitrogens with one attached hydrogen (secondary N) is 1. The van der Waals surface area contributed by atoms with Gasteiger partial charge in [0.1, 0.15) is 12.4 Å². The molecule has 0 saturated carbocycles. The molecule has 120 valence electrons. The fourth-order valence-electron chi connectivity index (χ4n) is 2.43. The van der Waals surface area contributed by atoms with Crippen LogP contribution < -0.4 is 10.1 Å². The standard InChI is InChI=1S/C18H18ClNO3/c19-14-8-6-13(7-9-14)18(21)20-15-3-1-4-16(11-15)23-12-17-5-2-10-22-17/h1,3-4,6-9,11,17H,2,5,10,12H2,(H,20,21)/t17-/m0/s1. The Bertz CT molecular complexity index is 666. The first-order chi connectivity index (χ1) is 11.2. The summed E-state index contributed by atoms with van der Waals surface area (Å²) in [5.41, 5.74) is 1.25. The van der Waals surface area contributed by atoms with Crippen LogP contribution in [0.5, 0.6) is 5.75 Å². The van der Waals surface area contributed by atoms with Gasteiger partial charge >= 0.3 is 0 Å². The van der Waals surface area contributed by atoms with Crippen LogP contribution in [-0.2, 0) is 4.74 Å². The molecule has 4 nitrogen and oxygen atoms in total. The van der Waals surface area contributed by atoms with Crippen molar-refractivity contribution in [2.24, 2.45) is 0 Å². The van der Waals surface area contributed by atoms with Crippen molar-refractivity contribution in [1.29, 1.82) is 0 Å². The van der Waals surface area contributed by atoms with Crippen molar-refractivity contribution >= 4 is 23.2 Å². The van der Waals surface area contributed by atoms with E-state index in [9.17, 15) is 4.79 Å². The smallest absolute Gasteiger partial charge is 0.255 e. The van der Waals surface area contributed by atoms with E-state index in [1.807, 2.05) is 24.3 Å². The summed E-state index contributed by atoms with van der Waals surface area (Å²) in [6.07, 6.45) is 2.29. The Kier molecular flexibility index (Phi) is 5.16. The normalized spacial score (nSPS) is 17.0. The average molecular weight is 332 g/mol. The molecule has 1 saturated heterocycles. The summed E-state index contributed by atoms with van der Waals surface area (Å²) >= 11 is 5.83. The third-order valence-electron chi connectivity index (χ3n) is 3.66. The monoisotopic (exact) mass is 331 g/mol. The number of rotatable bonds is 5. The quantitative estimate of drug-likeness (QED) is 0.895. The summed E-state index contributed by atoms with van der Waals surface area (Å²) in [5, 5.41) is 3.46. The number of anilines is 1. The van der Waals surface area contributed by atoms with Gasteiger partial charge in [-0.15, -0.1) is 0 Å². The summed E-state index contributed by atoms with van der Waals surface area (Å²) in [6, 6.07) is 14.1. The number of benzene rings is 2. The summed E-state index contributed by atoms with van der Waals surface area (Å²) < 4.78 is 11.3. The largest absolute Gasteiger partial charge is 0.491 e. The molecule has 0 spiro atoms.